The molecule has 9 heteroatoms. The van der Waals surface area contributed by atoms with Crippen LogP contribution in [0.1, 0.15) is 166 Å². The van der Waals surface area contributed by atoms with Crippen LogP contribution in [0.3, 0.4) is 0 Å². The highest BCUT2D eigenvalue weighted by Gasteiger charge is 2.31. The van der Waals surface area contributed by atoms with Crippen molar-refractivity contribution < 1.29 is 29.5 Å². The summed E-state index contributed by atoms with van der Waals surface area (Å²) in [4.78, 5) is 7.29. The number of hydrogen-bond donors (Lipinski definition) is 3. The molecule has 0 aromatic heterocycles. The summed E-state index contributed by atoms with van der Waals surface area (Å²) >= 11 is 0. The van der Waals surface area contributed by atoms with Crippen molar-refractivity contribution >= 4 is 17.1 Å². The van der Waals surface area contributed by atoms with Gasteiger partial charge in [-0.15, -0.1) is 0 Å². The number of nitrogens with zero attached hydrogens (tertiary/aromatic N) is 3. The first-order chi connectivity index (χ1) is 59.9. The number of aryl methyl sites for hydroxylation is 3. The summed E-state index contributed by atoms with van der Waals surface area (Å²) < 4.78 is 20.1. The molecule has 14 aromatic carbocycles. The van der Waals surface area contributed by atoms with Gasteiger partial charge in [0.2, 0.25) is 0 Å². The molecular weight excluding hydrogens is 1510 g/mol. The minimum Gasteiger partial charge on any atom is -0.507 e. The van der Waals surface area contributed by atoms with Crippen LogP contribution >= 0.6 is 0 Å². The highest BCUT2D eigenvalue weighted by molar-refractivity contribution is 5.99. The van der Waals surface area contributed by atoms with E-state index in [9.17, 15) is 15.3 Å². The molecule has 30 bridgehead atoms. The van der Waals surface area contributed by atoms with Gasteiger partial charge in [0.15, 0.2) is 0 Å². The quantitative estimate of drug-likeness (QED) is 0.0867. The van der Waals surface area contributed by atoms with Crippen LogP contribution < -0.4 is 28.9 Å². The SMILES string of the molecule is CCCCCc1cc2c(O)c(c1)-c1c(C)c3c(C)c(c1C)-c1cc(CCCCC)cc(c1O)-c1ccc(cc1)Oc1ccc(cc1)-c1ccc(cc1)N(C)Cc1c(CC)c(c(CC)c(c1CC)CN(C)c1ccc(cc1)-c1ccc(cc1)Oc1ccc(cc1)-c1cc(CCCCC)cc-3c1O)CN(C)c1ccc(cc1)-c1ccc(cc1)Oc1ccc-2cc1. The van der Waals surface area contributed by atoms with Crippen molar-refractivity contribution in [1.29, 1.82) is 0 Å². The Bertz CT molecular complexity index is 5460. The summed E-state index contributed by atoms with van der Waals surface area (Å²) in [6.45, 7) is 22.4. The smallest absolute Gasteiger partial charge is 0.131 e. The Morgan fingerprint density at radius 2 is 0.447 bits per heavy atom. The van der Waals surface area contributed by atoms with Crippen LogP contribution in [-0.2, 0) is 58.2 Å². The second-order valence-corrected chi connectivity index (χ2v) is 34.1. The lowest BCUT2D eigenvalue weighted by Crippen LogP contribution is -2.26. The molecule has 14 aromatic rings. The number of phenolic OH excluding ortho intramolecular Hbond substituents is 3. The van der Waals surface area contributed by atoms with Crippen molar-refractivity contribution in [1.82, 2.24) is 0 Å². The van der Waals surface area contributed by atoms with Crippen LogP contribution in [0.25, 0.3) is 100 Å². The Morgan fingerprint density at radius 3 is 0.650 bits per heavy atom. The lowest BCUT2D eigenvalue weighted by Gasteiger charge is -2.33. The van der Waals surface area contributed by atoms with Crippen LogP contribution in [-0.4, -0.2) is 36.5 Å². The number of ether oxygens (including phenoxy) is 3. The van der Waals surface area contributed by atoms with Gasteiger partial charge >= 0.3 is 0 Å². The molecule has 0 saturated carbocycles. The summed E-state index contributed by atoms with van der Waals surface area (Å²) in [5.41, 5.74) is 33.8. The normalized spacial score (nSPS) is 12.5. The molecule has 0 atom stereocenters. The Balaban J connectivity index is 0.914. The molecule has 30 aliphatic heterocycles. The summed E-state index contributed by atoms with van der Waals surface area (Å²) in [6, 6.07) is 89.5. The van der Waals surface area contributed by atoms with Gasteiger partial charge in [-0.25, -0.2) is 0 Å². The molecule has 9 nitrogen and oxygen atoms in total. The first-order valence-electron chi connectivity index (χ1n) is 44.9. The first kappa shape index (κ1) is 83.9. The maximum absolute atomic E-state index is 13.6. The van der Waals surface area contributed by atoms with Crippen LogP contribution in [0.5, 0.6) is 51.7 Å². The van der Waals surface area contributed by atoms with Crippen molar-refractivity contribution in [2.45, 2.75) is 178 Å². The number of phenols is 3. The third-order valence-corrected chi connectivity index (χ3v) is 25.9. The fourth-order valence-electron chi connectivity index (χ4n) is 19.2. The Hall–Kier alpha value is -12.7. The van der Waals surface area contributed by atoms with Gasteiger partial charge in [0, 0.05) is 91.2 Å². The molecule has 0 amide bonds. The molecule has 0 saturated heterocycles. The molecule has 0 spiro atoms. The molecule has 0 fully saturated rings. The number of anilines is 3. The van der Waals surface area contributed by atoms with E-state index in [-0.39, 0.29) is 17.2 Å². The average molecular weight is 1630 g/mol. The Labute approximate surface area is 729 Å². The fraction of sp³-hybridized carbons (Fsp3) is 0.263. The molecule has 44 rings (SSSR count). The molecule has 30 heterocycles. The standard InChI is InChI=1S/C114H117N3O6/c1-13-19-22-25-76-64-100-85-40-58-94(59-41-85)121-91-52-34-82(35-53-91)79-28-46-88(47-29-79)115(10)70-106-97(16-4)107-71-116(11)89-48-30-80(31-49-89)83-36-54-92(55-37-83)122-95-60-42-86(43-61-95)101-65-77(26-23-20-14-2)68-104(113(101)119)110-73(7)109(103(67-76)112(100)118)74(8)111(75(110)9)105-69-78(27-24-21-15-3)66-102(114(105)120)87-44-62-96(63-45-87)123-93-56-38-84(39-57-93)81-32-50-90(51-33-81)117(12)72-108(98(106)17-5)99(107)18-6/h28-69,118-120H,13-27,70-72H2,1-12H3. The van der Waals surface area contributed by atoms with Crippen molar-refractivity contribution in [3.8, 4) is 152 Å². The molecular formula is C114H117N3O6. The third kappa shape index (κ3) is 17.7. The maximum atomic E-state index is 13.6. The Morgan fingerprint density at radius 1 is 0.252 bits per heavy atom. The molecule has 0 unspecified atom stereocenters. The first-order valence-corrected chi connectivity index (χ1v) is 44.9. The van der Waals surface area contributed by atoms with Crippen molar-refractivity contribution in [3.05, 3.63) is 322 Å². The van der Waals surface area contributed by atoms with E-state index < -0.39 is 0 Å². The Kier molecular flexibility index (Phi) is 25.5. The van der Waals surface area contributed by atoms with Crippen LogP contribution in [0, 0.1) is 20.8 Å². The maximum Gasteiger partial charge on any atom is 0.131 e. The highest BCUT2D eigenvalue weighted by Crippen LogP contribution is 2.54. The lowest BCUT2D eigenvalue weighted by atomic mass is 9.78. The van der Waals surface area contributed by atoms with E-state index in [1.54, 1.807) is 0 Å². The predicted molar refractivity (Wildman–Crippen MR) is 515 cm³/mol. The second kappa shape index (κ2) is 37.3. The van der Waals surface area contributed by atoms with Gasteiger partial charge in [-0.05, 0) is 358 Å². The largest absolute Gasteiger partial charge is 0.507 e. The molecule has 3 N–H and O–H groups in total. The van der Waals surface area contributed by atoms with E-state index in [0.717, 1.165) is 233 Å². The predicted octanol–water partition coefficient (Wildman–Crippen LogP) is 30.5. The van der Waals surface area contributed by atoms with E-state index in [4.69, 9.17) is 14.2 Å². The van der Waals surface area contributed by atoms with Gasteiger partial charge in [0.25, 0.3) is 0 Å². The zero-order valence-corrected chi connectivity index (χ0v) is 73.9. The molecule has 0 aliphatic carbocycles. The van der Waals surface area contributed by atoms with Crippen molar-refractivity contribution in [2.24, 2.45) is 0 Å². The summed E-state index contributed by atoms with van der Waals surface area (Å²) in [6.07, 6.45) is 14.3. The molecule has 624 valence electrons. The average Bonchev–Trinajstić information content (AvgIpc) is 0.766. The van der Waals surface area contributed by atoms with Crippen molar-refractivity contribution in [2.75, 3.05) is 35.8 Å². The topological polar surface area (TPSA) is 98.1 Å². The van der Waals surface area contributed by atoms with E-state index in [1.165, 1.54) is 33.4 Å². The number of benzene rings is 14. The second-order valence-electron chi connectivity index (χ2n) is 34.1. The fourth-order valence-corrected chi connectivity index (χ4v) is 19.2. The van der Waals surface area contributed by atoms with Crippen LogP contribution in [0.15, 0.2) is 255 Å². The van der Waals surface area contributed by atoms with Gasteiger partial charge in [0.05, 0.1) is 0 Å². The minimum atomic E-state index is 0.143. The van der Waals surface area contributed by atoms with E-state index in [0.29, 0.717) is 67.9 Å². The van der Waals surface area contributed by atoms with Gasteiger partial charge < -0.3 is 44.2 Å². The van der Waals surface area contributed by atoms with Crippen LogP contribution in [0.4, 0.5) is 17.1 Å². The van der Waals surface area contributed by atoms with E-state index in [1.807, 2.05) is 72.8 Å². The monoisotopic (exact) mass is 1620 g/mol. The van der Waals surface area contributed by atoms with E-state index in [2.05, 4.69) is 280 Å². The van der Waals surface area contributed by atoms with Gasteiger partial charge in [-0.3, -0.25) is 0 Å². The summed E-state index contributed by atoms with van der Waals surface area (Å²) in [5, 5.41) is 40.8. The molecule has 0 radical (unpaired) electrons. The van der Waals surface area contributed by atoms with Gasteiger partial charge in [-0.2, -0.15) is 0 Å². The third-order valence-electron chi connectivity index (χ3n) is 25.9. The number of hydrogen-bond acceptors (Lipinski definition) is 9. The zero-order chi connectivity index (χ0) is 85.5. The van der Waals surface area contributed by atoms with Gasteiger partial charge in [-0.1, -0.05) is 189 Å². The highest BCUT2D eigenvalue weighted by atomic mass is 16.5. The van der Waals surface area contributed by atoms with Crippen LogP contribution in [0.2, 0.25) is 0 Å². The summed E-state index contributed by atoms with van der Waals surface area (Å²) in [5.74, 6) is 4.60. The minimum absolute atomic E-state index is 0.143. The lowest BCUT2D eigenvalue weighted by molar-refractivity contribution is 0.478. The zero-order valence-electron chi connectivity index (χ0n) is 73.9. The molecule has 123 heavy (non-hydrogen) atoms. The summed E-state index contributed by atoms with van der Waals surface area (Å²) in [7, 11) is 6.73. The van der Waals surface area contributed by atoms with Crippen molar-refractivity contribution in [3.63, 3.8) is 0 Å². The number of rotatable bonds is 15. The van der Waals surface area contributed by atoms with Gasteiger partial charge in [0.1, 0.15) is 51.7 Å². The number of aromatic hydroxyl groups is 3. The molecule has 30 aliphatic rings. The van der Waals surface area contributed by atoms with E-state index >= 15 is 0 Å². The number of unbranched alkanes of at least 4 members (excludes halogenated alkanes) is 6.